The smallest absolute Gasteiger partial charge is 0.417 e. The summed E-state index contributed by atoms with van der Waals surface area (Å²) < 4.78 is 38.2. The second kappa shape index (κ2) is 4.17. The summed E-state index contributed by atoms with van der Waals surface area (Å²) in [6.45, 7) is 0. The van der Waals surface area contributed by atoms with Gasteiger partial charge in [-0.15, -0.1) is 0 Å². The monoisotopic (exact) mass is 256 g/mol. The number of rotatable bonds is 2. The summed E-state index contributed by atoms with van der Waals surface area (Å²) in [5.74, 6) is -1.73. The summed E-state index contributed by atoms with van der Waals surface area (Å²) >= 11 is 0. The number of nitrogens with one attached hydrogen (secondary N) is 1. The number of aromatic amines is 1. The van der Waals surface area contributed by atoms with E-state index in [1.165, 1.54) is 18.2 Å². The lowest BCUT2D eigenvalue weighted by molar-refractivity contribution is -0.137. The molecule has 1 heterocycles. The van der Waals surface area contributed by atoms with Crippen LogP contribution in [0.3, 0.4) is 0 Å². The molecule has 2 aromatic rings. The van der Waals surface area contributed by atoms with Crippen LogP contribution >= 0.6 is 0 Å². The number of carbonyl (C=O) groups is 1. The molecule has 0 bridgehead atoms. The second-order valence-corrected chi connectivity index (χ2v) is 3.49. The molecule has 0 atom stereocenters. The third-order valence-electron chi connectivity index (χ3n) is 2.30. The number of aromatic nitrogens is 2. The molecule has 2 rings (SSSR count). The lowest BCUT2D eigenvalue weighted by atomic mass is 10.1. The van der Waals surface area contributed by atoms with E-state index >= 15 is 0 Å². The van der Waals surface area contributed by atoms with Crippen LogP contribution < -0.4 is 0 Å². The molecule has 0 amide bonds. The molecule has 0 fully saturated rings. The summed E-state index contributed by atoms with van der Waals surface area (Å²) in [7, 11) is 0. The molecule has 0 aliphatic rings. The number of hydrogen-bond acceptors (Lipinski definition) is 2. The molecule has 4 nitrogen and oxygen atoms in total. The number of imidazole rings is 1. The number of alkyl halides is 3. The second-order valence-electron chi connectivity index (χ2n) is 3.49. The van der Waals surface area contributed by atoms with E-state index in [2.05, 4.69) is 9.97 Å². The lowest BCUT2D eigenvalue weighted by Gasteiger charge is -2.10. The Morgan fingerprint density at radius 3 is 2.50 bits per heavy atom. The molecule has 0 radical (unpaired) electrons. The highest BCUT2D eigenvalue weighted by Gasteiger charge is 2.33. The van der Waals surface area contributed by atoms with Crippen LogP contribution in [0.15, 0.2) is 30.5 Å². The van der Waals surface area contributed by atoms with Gasteiger partial charge in [0.15, 0.2) is 0 Å². The highest BCUT2D eigenvalue weighted by Crippen LogP contribution is 2.36. The molecule has 2 N–H and O–H groups in total. The van der Waals surface area contributed by atoms with Gasteiger partial charge < -0.3 is 10.1 Å². The van der Waals surface area contributed by atoms with Crippen molar-refractivity contribution >= 4 is 5.97 Å². The number of carboxylic acids is 1. The summed E-state index contributed by atoms with van der Waals surface area (Å²) in [6.07, 6.45) is -3.45. The van der Waals surface area contributed by atoms with Crippen LogP contribution in [0, 0.1) is 0 Å². The average molecular weight is 256 g/mol. The normalized spacial score (nSPS) is 11.5. The zero-order chi connectivity index (χ0) is 13.3. The van der Waals surface area contributed by atoms with Gasteiger partial charge in [0.25, 0.3) is 0 Å². The van der Waals surface area contributed by atoms with Crippen LogP contribution in [0.4, 0.5) is 13.2 Å². The Bertz CT molecular complexity index is 590. The first-order valence-corrected chi connectivity index (χ1v) is 4.84. The number of benzene rings is 1. The zero-order valence-electron chi connectivity index (χ0n) is 8.82. The molecule has 0 saturated carbocycles. The van der Waals surface area contributed by atoms with Crippen molar-refractivity contribution in [1.29, 1.82) is 0 Å². The van der Waals surface area contributed by atoms with E-state index < -0.39 is 23.5 Å². The first-order chi connectivity index (χ1) is 8.39. The largest absolute Gasteiger partial charge is 0.475 e. The van der Waals surface area contributed by atoms with E-state index in [1.807, 2.05) is 0 Å². The third kappa shape index (κ3) is 2.20. The van der Waals surface area contributed by atoms with Crippen molar-refractivity contribution in [2.75, 3.05) is 0 Å². The van der Waals surface area contributed by atoms with Gasteiger partial charge in [-0.1, -0.05) is 18.2 Å². The fraction of sp³-hybridized carbons (Fsp3) is 0.0909. The van der Waals surface area contributed by atoms with E-state index in [1.54, 1.807) is 0 Å². The fourth-order valence-corrected chi connectivity index (χ4v) is 1.53. The van der Waals surface area contributed by atoms with E-state index in [4.69, 9.17) is 5.11 Å². The Kier molecular flexibility index (Phi) is 2.82. The summed E-state index contributed by atoms with van der Waals surface area (Å²) in [5.41, 5.74) is -0.962. The quantitative estimate of drug-likeness (QED) is 0.868. The van der Waals surface area contributed by atoms with Gasteiger partial charge in [0, 0.05) is 5.56 Å². The molecular weight excluding hydrogens is 249 g/mol. The average Bonchev–Trinajstić information content (AvgIpc) is 2.77. The maximum Gasteiger partial charge on any atom is 0.417 e. The minimum Gasteiger partial charge on any atom is -0.475 e. The Morgan fingerprint density at radius 2 is 1.94 bits per heavy atom. The van der Waals surface area contributed by atoms with Gasteiger partial charge in [-0.3, -0.25) is 0 Å². The van der Waals surface area contributed by atoms with Crippen LogP contribution in [0.2, 0.25) is 0 Å². The highest BCUT2D eigenvalue weighted by molar-refractivity contribution is 5.84. The van der Waals surface area contributed by atoms with E-state index in [9.17, 15) is 18.0 Å². The number of halogens is 3. The fourth-order valence-electron chi connectivity index (χ4n) is 1.53. The van der Waals surface area contributed by atoms with Crippen LogP contribution in [0.1, 0.15) is 16.2 Å². The maximum atomic E-state index is 12.7. The SMILES string of the molecule is O=C(O)c1ncc(-c2ccccc2C(F)(F)F)[nH]1. The lowest BCUT2D eigenvalue weighted by Crippen LogP contribution is -2.07. The van der Waals surface area contributed by atoms with Gasteiger partial charge >= 0.3 is 12.1 Å². The Morgan fingerprint density at radius 1 is 1.28 bits per heavy atom. The minimum atomic E-state index is -4.51. The third-order valence-corrected chi connectivity index (χ3v) is 2.30. The van der Waals surface area contributed by atoms with Gasteiger partial charge in [-0.2, -0.15) is 13.2 Å². The van der Waals surface area contributed by atoms with Gasteiger partial charge in [0.2, 0.25) is 5.82 Å². The Balaban J connectivity index is 2.53. The molecule has 0 spiro atoms. The molecule has 18 heavy (non-hydrogen) atoms. The number of aromatic carboxylic acids is 1. The molecule has 0 aliphatic heterocycles. The summed E-state index contributed by atoms with van der Waals surface area (Å²) in [6, 6.07) is 4.88. The molecule has 7 heteroatoms. The summed E-state index contributed by atoms with van der Waals surface area (Å²) in [4.78, 5) is 16.4. The minimum absolute atomic E-state index is 0.0142. The number of H-pyrrole nitrogens is 1. The van der Waals surface area contributed by atoms with Gasteiger partial charge in [-0.25, -0.2) is 9.78 Å². The number of nitrogens with zero attached hydrogens (tertiary/aromatic N) is 1. The first-order valence-electron chi connectivity index (χ1n) is 4.84. The molecular formula is C11H7F3N2O2. The van der Waals surface area contributed by atoms with Crippen molar-refractivity contribution < 1.29 is 23.1 Å². The van der Waals surface area contributed by atoms with Crippen LogP contribution in [0.25, 0.3) is 11.3 Å². The molecule has 1 aromatic heterocycles. The maximum absolute atomic E-state index is 12.7. The number of carboxylic acid groups (broad SMARTS) is 1. The van der Waals surface area contributed by atoms with Gasteiger partial charge in [0.1, 0.15) is 0 Å². The molecule has 94 valence electrons. The Labute approximate surface area is 99.1 Å². The predicted octanol–water partition coefficient (Wildman–Crippen LogP) is 2.79. The van der Waals surface area contributed by atoms with E-state index in [-0.39, 0.29) is 11.3 Å². The van der Waals surface area contributed by atoms with Gasteiger partial charge in [-0.05, 0) is 6.07 Å². The van der Waals surface area contributed by atoms with Gasteiger partial charge in [0.05, 0.1) is 17.5 Å². The predicted molar refractivity (Wildman–Crippen MR) is 56.0 cm³/mol. The van der Waals surface area contributed by atoms with Crippen molar-refractivity contribution in [2.24, 2.45) is 0 Å². The zero-order valence-corrected chi connectivity index (χ0v) is 8.82. The van der Waals surface area contributed by atoms with Crippen molar-refractivity contribution in [1.82, 2.24) is 9.97 Å². The van der Waals surface area contributed by atoms with Crippen molar-refractivity contribution in [3.63, 3.8) is 0 Å². The van der Waals surface area contributed by atoms with E-state index in [0.29, 0.717) is 0 Å². The Hall–Kier alpha value is -2.31. The van der Waals surface area contributed by atoms with E-state index in [0.717, 1.165) is 12.3 Å². The van der Waals surface area contributed by atoms with Crippen LogP contribution in [0.5, 0.6) is 0 Å². The van der Waals surface area contributed by atoms with Crippen LogP contribution in [-0.4, -0.2) is 21.0 Å². The first kappa shape index (κ1) is 12.2. The van der Waals surface area contributed by atoms with Crippen LogP contribution in [-0.2, 0) is 6.18 Å². The standard InChI is InChI=1S/C11H7F3N2O2/c12-11(13,14)7-4-2-1-3-6(7)8-5-15-9(16-8)10(17)18/h1-5H,(H,15,16)(H,17,18). The number of hydrogen-bond donors (Lipinski definition) is 2. The molecule has 0 aliphatic carbocycles. The highest BCUT2D eigenvalue weighted by atomic mass is 19.4. The molecule has 0 saturated heterocycles. The van der Waals surface area contributed by atoms with Crippen molar-refractivity contribution in [3.05, 3.63) is 41.9 Å². The van der Waals surface area contributed by atoms with Crippen molar-refractivity contribution in [2.45, 2.75) is 6.18 Å². The molecule has 0 unspecified atom stereocenters. The topological polar surface area (TPSA) is 66.0 Å². The van der Waals surface area contributed by atoms with Crippen molar-refractivity contribution in [3.8, 4) is 11.3 Å². The summed E-state index contributed by atoms with van der Waals surface area (Å²) in [5, 5.41) is 8.66. The molecule has 1 aromatic carbocycles.